The Morgan fingerprint density at radius 2 is 1.87 bits per heavy atom. The number of anilines is 1. The fourth-order valence-electron chi connectivity index (χ4n) is 2.91. The van der Waals surface area contributed by atoms with Gasteiger partial charge in [-0.15, -0.1) is 0 Å². The van der Waals surface area contributed by atoms with Crippen molar-refractivity contribution >= 4 is 29.3 Å². The van der Waals surface area contributed by atoms with Crippen LogP contribution in [0.2, 0.25) is 0 Å². The monoisotopic (exact) mass is 444 g/mol. The highest BCUT2D eigenvalue weighted by Gasteiger charge is 2.14. The van der Waals surface area contributed by atoms with Crippen LogP contribution >= 0.6 is 11.8 Å². The molecule has 0 aliphatic carbocycles. The Morgan fingerprint density at radius 3 is 2.61 bits per heavy atom. The summed E-state index contributed by atoms with van der Waals surface area (Å²) < 4.78 is 28.1. The molecule has 0 atom stereocenters. The smallest absolute Gasteiger partial charge is 0.243 e. The van der Waals surface area contributed by atoms with Crippen molar-refractivity contribution < 1.29 is 18.4 Å². The zero-order valence-electron chi connectivity index (χ0n) is 17.1. The van der Waals surface area contributed by atoms with Crippen LogP contribution in [0.1, 0.15) is 25.3 Å². The topological polar surface area (TPSA) is 76.0 Å². The van der Waals surface area contributed by atoms with Gasteiger partial charge in [0.05, 0.1) is 18.0 Å². The van der Waals surface area contributed by atoms with E-state index in [1.165, 1.54) is 23.4 Å². The zero-order chi connectivity index (χ0) is 22.4. The molecule has 3 rings (SSSR count). The van der Waals surface area contributed by atoms with E-state index >= 15 is 0 Å². The molecule has 2 N–H and O–H groups in total. The van der Waals surface area contributed by atoms with Crippen molar-refractivity contribution in [3.63, 3.8) is 0 Å². The van der Waals surface area contributed by atoms with Gasteiger partial charge in [-0.05, 0) is 29.7 Å². The van der Waals surface area contributed by atoms with Crippen LogP contribution in [0.25, 0.3) is 5.69 Å². The Labute approximate surface area is 183 Å². The number of carbonyl (C=O) groups excluding carboxylic acids is 2. The van der Waals surface area contributed by atoms with Gasteiger partial charge < -0.3 is 10.6 Å². The zero-order valence-corrected chi connectivity index (χ0v) is 17.9. The lowest BCUT2D eigenvalue weighted by molar-refractivity contribution is -0.122. The third kappa shape index (κ3) is 5.91. The van der Waals surface area contributed by atoms with Crippen LogP contribution in [0.3, 0.4) is 0 Å². The molecule has 0 bridgehead atoms. The summed E-state index contributed by atoms with van der Waals surface area (Å²) >= 11 is 1.25. The molecule has 162 valence electrons. The highest BCUT2D eigenvalue weighted by Crippen LogP contribution is 2.27. The van der Waals surface area contributed by atoms with E-state index in [1.807, 2.05) is 29.0 Å². The van der Waals surface area contributed by atoms with Gasteiger partial charge in [0, 0.05) is 24.1 Å². The molecule has 0 spiro atoms. The van der Waals surface area contributed by atoms with E-state index in [-0.39, 0.29) is 23.9 Å². The number of para-hydroxylation sites is 1. The summed E-state index contributed by atoms with van der Waals surface area (Å²) in [4.78, 5) is 28.4. The molecule has 1 heterocycles. The number of carbonyl (C=O) groups is 2. The Hall–Kier alpha value is -3.20. The van der Waals surface area contributed by atoms with Crippen molar-refractivity contribution in [1.82, 2.24) is 14.9 Å². The first-order valence-corrected chi connectivity index (χ1v) is 10.6. The van der Waals surface area contributed by atoms with Gasteiger partial charge in [0.15, 0.2) is 16.8 Å². The van der Waals surface area contributed by atoms with Crippen LogP contribution in [0.5, 0.6) is 0 Å². The van der Waals surface area contributed by atoms with E-state index < -0.39 is 17.5 Å². The molecule has 0 fully saturated rings. The summed E-state index contributed by atoms with van der Waals surface area (Å²) in [6.45, 7) is 3.94. The molecule has 0 saturated carbocycles. The maximum absolute atomic E-state index is 13.2. The maximum atomic E-state index is 13.2. The molecule has 31 heavy (non-hydrogen) atoms. The predicted molar refractivity (Wildman–Crippen MR) is 116 cm³/mol. The predicted octanol–water partition coefficient (Wildman–Crippen LogP) is 4.12. The fraction of sp³-hybridized carbons (Fsp3) is 0.227. The van der Waals surface area contributed by atoms with Gasteiger partial charge in [-0.3, -0.25) is 14.2 Å². The van der Waals surface area contributed by atoms with E-state index in [1.54, 1.807) is 6.20 Å². The third-order valence-corrected chi connectivity index (χ3v) is 5.37. The van der Waals surface area contributed by atoms with Gasteiger partial charge in [-0.25, -0.2) is 13.8 Å². The second kappa shape index (κ2) is 10.2. The van der Waals surface area contributed by atoms with Crippen LogP contribution < -0.4 is 10.6 Å². The fourth-order valence-corrected chi connectivity index (χ4v) is 3.71. The maximum Gasteiger partial charge on any atom is 0.243 e. The highest BCUT2D eigenvalue weighted by atomic mass is 32.2. The molecular weight excluding hydrogens is 422 g/mol. The molecule has 2 amide bonds. The normalized spacial score (nSPS) is 10.9. The first-order valence-electron chi connectivity index (χ1n) is 9.62. The quantitative estimate of drug-likeness (QED) is 0.513. The van der Waals surface area contributed by atoms with Crippen LogP contribution in [-0.4, -0.2) is 33.7 Å². The SMILES string of the molecule is CC(C)c1ccccc1-n1ccnc1SCC(=O)NCC(=O)Nc1ccc(F)c(F)c1. The van der Waals surface area contributed by atoms with Crippen LogP contribution in [0.4, 0.5) is 14.5 Å². The van der Waals surface area contributed by atoms with E-state index in [0.717, 1.165) is 17.8 Å². The summed E-state index contributed by atoms with van der Waals surface area (Å²) in [7, 11) is 0. The Kier molecular flexibility index (Phi) is 7.41. The summed E-state index contributed by atoms with van der Waals surface area (Å²) in [6, 6.07) is 11.0. The van der Waals surface area contributed by atoms with Crippen molar-refractivity contribution in [2.75, 3.05) is 17.6 Å². The van der Waals surface area contributed by atoms with E-state index in [2.05, 4.69) is 35.5 Å². The van der Waals surface area contributed by atoms with Crippen molar-refractivity contribution in [2.24, 2.45) is 0 Å². The molecule has 3 aromatic rings. The minimum Gasteiger partial charge on any atom is -0.346 e. The second-order valence-electron chi connectivity index (χ2n) is 7.04. The average Bonchev–Trinajstić information content (AvgIpc) is 3.22. The summed E-state index contributed by atoms with van der Waals surface area (Å²) in [5, 5.41) is 5.56. The lowest BCUT2D eigenvalue weighted by Crippen LogP contribution is -2.34. The molecule has 0 radical (unpaired) electrons. The Bertz CT molecular complexity index is 1080. The molecule has 0 aliphatic rings. The van der Waals surface area contributed by atoms with Gasteiger partial charge in [-0.1, -0.05) is 43.8 Å². The van der Waals surface area contributed by atoms with E-state index in [9.17, 15) is 18.4 Å². The van der Waals surface area contributed by atoms with Gasteiger partial charge in [-0.2, -0.15) is 0 Å². The number of benzene rings is 2. The molecule has 9 heteroatoms. The standard InChI is InChI=1S/C22H22F2N4O2S/c1-14(2)16-5-3-4-6-19(16)28-10-9-25-22(28)31-13-21(30)26-12-20(29)27-15-7-8-17(23)18(24)11-15/h3-11,14H,12-13H2,1-2H3,(H,26,30)(H,27,29). The Balaban J connectivity index is 1.53. The number of rotatable bonds is 8. The first-order chi connectivity index (χ1) is 14.8. The van der Waals surface area contributed by atoms with Gasteiger partial charge in [0.1, 0.15) is 0 Å². The van der Waals surface area contributed by atoms with Crippen LogP contribution in [-0.2, 0) is 9.59 Å². The second-order valence-corrected chi connectivity index (χ2v) is 7.98. The van der Waals surface area contributed by atoms with Gasteiger partial charge in [0.25, 0.3) is 0 Å². The van der Waals surface area contributed by atoms with Crippen molar-refractivity contribution in [3.8, 4) is 5.69 Å². The number of thioether (sulfide) groups is 1. The van der Waals surface area contributed by atoms with E-state index in [4.69, 9.17) is 0 Å². The van der Waals surface area contributed by atoms with Crippen LogP contribution in [0.15, 0.2) is 60.0 Å². The van der Waals surface area contributed by atoms with Crippen molar-refractivity contribution in [3.05, 3.63) is 72.1 Å². The number of aromatic nitrogens is 2. The number of hydrogen-bond donors (Lipinski definition) is 2. The lowest BCUT2D eigenvalue weighted by atomic mass is 10.0. The lowest BCUT2D eigenvalue weighted by Gasteiger charge is -2.15. The molecule has 1 aromatic heterocycles. The van der Waals surface area contributed by atoms with Gasteiger partial charge >= 0.3 is 0 Å². The molecule has 6 nitrogen and oxygen atoms in total. The van der Waals surface area contributed by atoms with Crippen molar-refractivity contribution in [2.45, 2.75) is 24.9 Å². The average molecular weight is 445 g/mol. The third-order valence-electron chi connectivity index (χ3n) is 4.41. The van der Waals surface area contributed by atoms with Crippen molar-refractivity contribution in [1.29, 1.82) is 0 Å². The molecular formula is C22H22F2N4O2S. The summed E-state index contributed by atoms with van der Waals surface area (Å²) in [5.74, 6) is -2.56. The number of nitrogens with zero attached hydrogens (tertiary/aromatic N) is 2. The number of amides is 2. The van der Waals surface area contributed by atoms with E-state index in [0.29, 0.717) is 11.1 Å². The molecule has 0 aliphatic heterocycles. The number of halogens is 2. The molecule has 2 aromatic carbocycles. The molecule has 0 saturated heterocycles. The number of hydrogen-bond acceptors (Lipinski definition) is 4. The first kappa shape index (κ1) is 22.5. The molecule has 0 unspecified atom stereocenters. The van der Waals surface area contributed by atoms with Gasteiger partial charge in [0.2, 0.25) is 11.8 Å². The van der Waals surface area contributed by atoms with Crippen LogP contribution in [0, 0.1) is 11.6 Å². The largest absolute Gasteiger partial charge is 0.346 e. The summed E-state index contributed by atoms with van der Waals surface area (Å²) in [5.41, 5.74) is 2.28. The minimum atomic E-state index is -1.06. The minimum absolute atomic E-state index is 0.0688. The number of nitrogens with one attached hydrogen (secondary N) is 2. The Morgan fingerprint density at radius 1 is 1.10 bits per heavy atom. The number of imidazole rings is 1. The highest BCUT2D eigenvalue weighted by molar-refractivity contribution is 7.99. The summed E-state index contributed by atoms with van der Waals surface area (Å²) in [6.07, 6.45) is 3.52.